The quantitative estimate of drug-likeness (QED) is 0.475. The van der Waals surface area contributed by atoms with E-state index in [1.165, 1.54) is 6.08 Å². The van der Waals surface area contributed by atoms with Gasteiger partial charge in [0.1, 0.15) is 18.3 Å². The van der Waals surface area contributed by atoms with Gasteiger partial charge in [0.2, 0.25) is 0 Å². The third-order valence-corrected chi connectivity index (χ3v) is 2.78. The maximum Gasteiger partial charge on any atom is 0.335 e. The van der Waals surface area contributed by atoms with Gasteiger partial charge in [-0.2, -0.15) is 0 Å². The first-order valence-corrected chi connectivity index (χ1v) is 5.97. The second kappa shape index (κ2) is 6.74. The van der Waals surface area contributed by atoms with Crippen LogP contribution in [0.5, 0.6) is 0 Å². The number of carbonyl (C=O) groups is 1. The van der Waals surface area contributed by atoms with Crippen molar-refractivity contribution in [1.29, 1.82) is 0 Å². The molecule has 1 aliphatic rings. The lowest BCUT2D eigenvalue weighted by Gasteiger charge is -2.27. The van der Waals surface area contributed by atoms with Crippen molar-refractivity contribution in [3.63, 3.8) is 0 Å². The second-order valence-electron chi connectivity index (χ2n) is 4.27. The Morgan fingerprint density at radius 2 is 2.12 bits per heavy atom. The third kappa shape index (κ3) is 4.11. The van der Waals surface area contributed by atoms with Crippen LogP contribution in [0.2, 0.25) is 0 Å². The molecule has 0 spiro atoms. The van der Waals surface area contributed by atoms with Crippen molar-refractivity contribution in [3.8, 4) is 0 Å². The molecule has 98 valence electrons. The van der Waals surface area contributed by atoms with Gasteiger partial charge in [-0.25, -0.2) is 4.79 Å². The average Bonchev–Trinajstić information content (AvgIpc) is 2.31. The Morgan fingerprint density at radius 3 is 2.76 bits per heavy atom. The zero-order valence-corrected chi connectivity index (χ0v) is 9.95. The first-order valence-electron chi connectivity index (χ1n) is 5.97. The molecule has 5 heteroatoms. The van der Waals surface area contributed by atoms with E-state index < -0.39 is 30.4 Å². The normalized spacial score (nSPS) is 35.4. The number of ether oxygens (including phenoxy) is 1. The van der Waals surface area contributed by atoms with Crippen LogP contribution < -0.4 is 0 Å². The summed E-state index contributed by atoms with van der Waals surface area (Å²) in [5.74, 6) is -0.731. The van der Waals surface area contributed by atoms with E-state index in [0.29, 0.717) is 19.3 Å². The van der Waals surface area contributed by atoms with Crippen molar-refractivity contribution in [2.45, 2.75) is 57.0 Å². The zero-order valence-electron chi connectivity index (χ0n) is 9.95. The van der Waals surface area contributed by atoms with E-state index in [1.807, 2.05) is 6.92 Å². The van der Waals surface area contributed by atoms with E-state index in [4.69, 9.17) is 4.74 Å². The molecule has 3 N–H and O–H groups in total. The summed E-state index contributed by atoms with van der Waals surface area (Å²) in [6, 6.07) is 0. The van der Waals surface area contributed by atoms with Gasteiger partial charge in [0, 0.05) is 0 Å². The van der Waals surface area contributed by atoms with Crippen molar-refractivity contribution < 1.29 is 24.9 Å². The van der Waals surface area contributed by atoms with E-state index in [9.17, 15) is 20.1 Å². The molecule has 0 saturated heterocycles. The summed E-state index contributed by atoms with van der Waals surface area (Å²) >= 11 is 0. The fraction of sp³-hybridized carbons (Fsp3) is 0.750. The van der Waals surface area contributed by atoms with E-state index in [2.05, 4.69) is 0 Å². The van der Waals surface area contributed by atoms with Crippen LogP contribution in [0.4, 0.5) is 0 Å². The van der Waals surface area contributed by atoms with Crippen LogP contribution in [0.15, 0.2) is 12.2 Å². The Morgan fingerprint density at radius 1 is 1.41 bits per heavy atom. The SMILES string of the molecule is CCC[C@@H]1OC(=O)[C@@H](O)CCC=C[C@H](O)[C@H]1O. The number of hydrogen-bond acceptors (Lipinski definition) is 5. The van der Waals surface area contributed by atoms with E-state index in [-0.39, 0.29) is 6.42 Å². The van der Waals surface area contributed by atoms with Crippen LogP contribution >= 0.6 is 0 Å². The van der Waals surface area contributed by atoms with E-state index in [0.717, 1.165) is 0 Å². The van der Waals surface area contributed by atoms with Crippen LogP contribution in [-0.4, -0.2) is 45.7 Å². The van der Waals surface area contributed by atoms with Gasteiger partial charge < -0.3 is 20.1 Å². The van der Waals surface area contributed by atoms with Crippen molar-refractivity contribution in [3.05, 3.63) is 12.2 Å². The van der Waals surface area contributed by atoms with Gasteiger partial charge in [0.25, 0.3) is 0 Å². The first kappa shape index (κ1) is 14.2. The van der Waals surface area contributed by atoms with Crippen LogP contribution in [0, 0.1) is 0 Å². The van der Waals surface area contributed by atoms with Crippen LogP contribution in [-0.2, 0) is 9.53 Å². The molecular formula is C12H20O5. The van der Waals surface area contributed by atoms with Gasteiger partial charge in [0.05, 0.1) is 0 Å². The number of hydrogen-bond donors (Lipinski definition) is 3. The molecule has 1 aliphatic heterocycles. The minimum atomic E-state index is -1.17. The molecule has 1 heterocycles. The number of cyclic esters (lactones) is 1. The number of aliphatic hydroxyl groups excluding tert-OH is 3. The number of carbonyl (C=O) groups excluding carboxylic acids is 1. The number of allylic oxidation sites excluding steroid dienone is 1. The van der Waals surface area contributed by atoms with Crippen molar-refractivity contribution in [2.75, 3.05) is 0 Å². The van der Waals surface area contributed by atoms with Gasteiger partial charge in [-0.3, -0.25) is 0 Å². The van der Waals surface area contributed by atoms with Crippen molar-refractivity contribution in [1.82, 2.24) is 0 Å². The molecule has 0 amide bonds. The molecule has 0 bridgehead atoms. The van der Waals surface area contributed by atoms with E-state index in [1.54, 1.807) is 6.08 Å². The van der Waals surface area contributed by atoms with Crippen LogP contribution in [0.3, 0.4) is 0 Å². The smallest absolute Gasteiger partial charge is 0.335 e. The number of esters is 1. The molecule has 17 heavy (non-hydrogen) atoms. The molecular weight excluding hydrogens is 224 g/mol. The Hall–Kier alpha value is -0.910. The Bertz CT molecular complexity index is 276. The molecule has 5 nitrogen and oxygen atoms in total. The lowest BCUT2D eigenvalue weighted by molar-refractivity contribution is -0.169. The summed E-state index contributed by atoms with van der Waals surface area (Å²) < 4.78 is 5.03. The van der Waals surface area contributed by atoms with Gasteiger partial charge in [-0.1, -0.05) is 25.5 Å². The number of aliphatic hydroxyl groups is 3. The molecule has 0 aromatic carbocycles. The number of rotatable bonds is 2. The zero-order chi connectivity index (χ0) is 12.8. The predicted octanol–water partition coefficient (Wildman–Crippen LogP) is 0.131. The largest absolute Gasteiger partial charge is 0.458 e. The molecule has 0 aliphatic carbocycles. The highest BCUT2D eigenvalue weighted by Gasteiger charge is 2.30. The molecule has 4 atom stereocenters. The molecule has 0 fully saturated rings. The van der Waals surface area contributed by atoms with Gasteiger partial charge >= 0.3 is 5.97 Å². The fourth-order valence-electron chi connectivity index (χ4n) is 1.75. The minimum Gasteiger partial charge on any atom is -0.458 e. The van der Waals surface area contributed by atoms with Gasteiger partial charge in [-0.15, -0.1) is 0 Å². The minimum absolute atomic E-state index is 0.261. The summed E-state index contributed by atoms with van der Waals surface area (Å²) in [4.78, 5) is 11.5. The van der Waals surface area contributed by atoms with Crippen LogP contribution in [0.1, 0.15) is 32.6 Å². The molecule has 0 saturated carbocycles. The first-order chi connectivity index (χ1) is 8.06. The topological polar surface area (TPSA) is 87.0 Å². The summed E-state index contributed by atoms with van der Waals surface area (Å²) in [7, 11) is 0. The average molecular weight is 244 g/mol. The molecule has 0 unspecified atom stereocenters. The molecule has 0 aromatic rings. The Kier molecular flexibility index (Phi) is 5.61. The van der Waals surface area contributed by atoms with E-state index >= 15 is 0 Å². The summed E-state index contributed by atoms with van der Waals surface area (Å²) in [6.07, 6.45) is 0.857. The van der Waals surface area contributed by atoms with Gasteiger partial charge in [0.15, 0.2) is 6.10 Å². The highest BCUT2D eigenvalue weighted by atomic mass is 16.6. The molecule has 1 rings (SSSR count). The monoisotopic (exact) mass is 244 g/mol. The predicted molar refractivity (Wildman–Crippen MR) is 61.2 cm³/mol. The third-order valence-electron chi connectivity index (χ3n) is 2.78. The van der Waals surface area contributed by atoms with Crippen molar-refractivity contribution in [2.24, 2.45) is 0 Å². The standard InChI is InChI=1S/C12H20O5/c1-2-5-10-11(15)8(13)6-3-4-7-9(14)12(16)17-10/h3,6,8-11,13-15H,2,4-5,7H2,1H3/t8-,9-,10-,11+/m0/s1. The second-order valence-corrected chi connectivity index (χ2v) is 4.27. The lowest BCUT2D eigenvalue weighted by atomic mass is 10.0. The molecule has 0 radical (unpaired) electrons. The summed E-state index contributed by atoms with van der Waals surface area (Å²) in [5, 5.41) is 29.0. The highest BCUT2D eigenvalue weighted by molar-refractivity contribution is 5.74. The summed E-state index contributed by atoms with van der Waals surface area (Å²) in [5.41, 5.74) is 0. The molecule has 0 aromatic heterocycles. The van der Waals surface area contributed by atoms with Crippen molar-refractivity contribution >= 4 is 5.97 Å². The van der Waals surface area contributed by atoms with Gasteiger partial charge in [-0.05, 0) is 19.3 Å². The van der Waals surface area contributed by atoms with Crippen LogP contribution in [0.25, 0.3) is 0 Å². The fourth-order valence-corrected chi connectivity index (χ4v) is 1.75. The maximum absolute atomic E-state index is 11.5. The lowest BCUT2D eigenvalue weighted by Crippen LogP contribution is -2.41. The summed E-state index contributed by atoms with van der Waals surface area (Å²) in [6.45, 7) is 1.89. The maximum atomic E-state index is 11.5. The Balaban J connectivity index is 2.80. The highest BCUT2D eigenvalue weighted by Crippen LogP contribution is 2.16. The Labute approximate surface area is 101 Å².